The summed E-state index contributed by atoms with van der Waals surface area (Å²) in [6.45, 7) is 0.464. The zero-order valence-corrected chi connectivity index (χ0v) is 11.7. The van der Waals surface area contributed by atoms with Gasteiger partial charge < -0.3 is 10.8 Å². The fourth-order valence-electron chi connectivity index (χ4n) is 2.55. The number of phenolic OH excluding ortho intramolecular Hbond substituents is 1. The molecule has 0 amide bonds. The van der Waals surface area contributed by atoms with E-state index in [1.165, 1.54) is 0 Å². The maximum Gasteiger partial charge on any atom is 0.123 e. The van der Waals surface area contributed by atoms with Gasteiger partial charge in [0.2, 0.25) is 0 Å². The molecule has 0 aliphatic heterocycles. The van der Waals surface area contributed by atoms with Gasteiger partial charge in [0.1, 0.15) is 5.75 Å². The number of hydrogen-bond acceptors (Lipinski definition) is 2. The van der Waals surface area contributed by atoms with Crippen molar-refractivity contribution in [2.24, 2.45) is 5.73 Å². The molecule has 0 saturated carbocycles. The number of aromatic hydroxyl groups is 1. The predicted molar refractivity (Wildman–Crippen MR) is 86.9 cm³/mol. The van der Waals surface area contributed by atoms with Gasteiger partial charge >= 0.3 is 0 Å². The highest BCUT2D eigenvalue weighted by molar-refractivity contribution is 5.76. The van der Waals surface area contributed by atoms with E-state index in [2.05, 4.69) is 24.3 Å². The Morgan fingerprint density at radius 2 is 1.43 bits per heavy atom. The molecule has 0 aromatic heterocycles. The van der Waals surface area contributed by atoms with Crippen molar-refractivity contribution in [1.82, 2.24) is 0 Å². The molecule has 21 heavy (non-hydrogen) atoms. The molecular formula is C19H17NO. The predicted octanol–water partition coefficient (Wildman–Crippen LogP) is 4.18. The molecule has 0 fully saturated rings. The molecule has 0 atom stereocenters. The van der Waals surface area contributed by atoms with Gasteiger partial charge in [-0.05, 0) is 34.4 Å². The molecule has 0 radical (unpaired) electrons. The first kappa shape index (κ1) is 13.4. The Labute approximate surface area is 124 Å². The van der Waals surface area contributed by atoms with E-state index >= 15 is 0 Å². The highest BCUT2D eigenvalue weighted by Crippen LogP contribution is 2.32. The van der Waals surface area contributed by atoms with Crippen molar-refractivity contribution in [1.29, 1.82) is 0 Å². The number of para-hydroxylation sites is 1. The van der Waals surface area contributed by atoms with Gasteiger partial charge in [0.25, 0.3) is 0 Å². The van der Waals surface area contributed by atoms with Crippen LogP contribution in [0.4, 0.5) is 0 Å². The summed E-state index contributed by atoms with van der Waals surface area (Å²) in [5, 5.41) is 9.98. The minimum Gasteiger partial charge on any atom is -0.507 e. The van der Waals surface area contributed by atoms with Gasteiger partial charge in [0, 0.05) is 12.1 Å². The van der Waals surface area contributed by atoms with Crippen LogP contribution in [-0.4, -0.2) is 5.11 Å². The molecule has 3 aromatic carbocycles. The number of hydrogen-bond donors (Lipinski definition) is 2. The largest absolute Gasteiger partial charge is 0.507 e. The standard InChI is InChI=1S/C19H17NO/c20-13-16-12-15(18-8-4-5-9-19(18)21)10-11-17(16)14-6-2-1-3-7-14/h1-12,21H,13,20H2. The maximum atomic E-state index is 9.98. The van der Waals surface area contributed by atoms with Crippen LogP contribution in [-0.2, 0) is 6.54 Å². The lowest BCUT2D eigenvalue weighted by Gasteiger charge is -2.12. The van der Waals surface area contributed by atoms with Crippen LogP contribution < -0.4 is 5.73 Å². The summed E-state index contributed by atoms with van der Waals surface area (Å²) >= 11 is 0. The Morgan fingerprint density at radius 3 is 2.14 bits per heavy atom. The fraction of sp³-hybridized carbons (Fsp3) is 0.0526. The molecule has 0 aliphatic carbocycles. The van der Waals surface area contributed by atoms with E-state index in [1.807, 2.05) is 42.5 Å². The lowest BCUT2D eigenvalue weighted by molar-refractivity contribution is 0.477. The lowest BCUT2D eigenvalue weighted by atomic mass is 9.94. The van der Waals surface area contributed by atoms with E-state index in [9.17, 15) is 5.11 Å². The second-order valence-corrected chi connectivity index (χ2v) is 4.96. The summed E-state index contributed by atoms with van der Waals surface area (Å²) in [6.07, 6.45) is 0. The van der Waals surface area contributed by atoms with Gasteiger partial charge in [-0.15, -0.1) is 0 Å². The van der Waals surface area contributed by atoms with Crippen molar-refractivity contribution in [3.8, 4) is 28.0 Å². The number of nitrogens with two attached hydrogens (primary N) is 1. The maximum absolute atomic E-state index is 9.98. The first-order valence-electron chi connectivity index (χ1n) is 6.96. The summed E-state index contributed by atoms with van der Waals surface area (Å²) in [5.41, 5.74) is 11.1. The van der Waals surface area contributed by atoms with Crippen molar-refractivity contribution in [2.75, 3.05) is 0 Å². The smallest absolute Gasteiger partial charge is 0.123 e. The topological polar surface area (TPSA) is 46.2 Å². The van der Waals surface area contributed by atoms with Crippen LogP contribution in [0.2, 0.25) is 0 Å². The average molecular weight is 275 g/mol. The molecule has 3 aromatic rings. The molecule has 2 heteroatoms. The summed E-state index contributed by atoms with van der Waals surface area (Å²) < 4.78 is 0. The highest BCUT2D eigenvalue weighted by Gasteiger charge is 2.08. The van der Waals surface area contributed by atoms with Crippen LogP contribution in [0.3, 0.4) is 0 Å². The Hall–Kier alpha value is -2.58. The minimum atomic E-state index is 0.285. The van der Waals surface area contributed by atoms with Crippen LogP contribution in [0.1, 0.15) is 5.56 Å². The Balaban J connectivity index is 2.10. The van der Waals surface area contributed by atoms with Crippen molar-refractivity contribution < 1.29 is 5.11 Å². The van der Waals surface area contributed by atoms with Crippen LogP contribution in [0.5, 0.6) is 5.75 Å². The number of phenols is 1. The van der Waals surface area contributed by atoms with Gasteiger partial charge in [-0.3, -0.25) is 0 Å². The highest BCUT2D eigenvalue weighted by atomic mass is 16.3. The quantitative estimate of drug-likeness (QED) is 0.753. The van der Waals surface area contributed by atoms with Crippen LogP contribution >= 0.6 is 0 Å². The molecule has 3 N–H and O–H groups in total. The molecule has 0 heterocycles. The first-order chi connectivity index (χ1) is 10.3. The third-order valence-corrected chi connectivity index (χ3v) is 3.63. The molecule has 2 nitrogen and oxygen atoms in total. The second-order valence-electron chi connectivity index (χ2n) is 4.96. The Bertz CT molecular complexity index is 751. The molecule has 104 valence electrons. The summed E-state index contributed by atoms with van der Waals surface area (Å²) in [5.74, 6) is 0.285. The van der Waals surface area contributed by atoms with Gasteiger partial charge in [-0.25, -0.2) is 0 Å². The van der Waals surface area contributed by atoms with Crippen LogP contribution in [0, 0.1) is 0 Å². The van der Waals surface area contributed by atoms with Gasteiger partial charge in [0.15, 0.2) is 0 Å². The van der Waals surface area contributed by atoms with Crippen LogP contribution in [0.25, 0.3) is 22.3 Å². The van der Waals surface area contributed by atoms with Crippen LogP contribution in [0.15, 0.2) is 72.8 Å². The minimum absolute atomic E-state index is 0.285. The SMILES string of the molecule is NCc1cc(-c2ccccc2O)ccc1-c1ccccc1. The van der Waals surface area contributed by atoms with E-state index < -0.39 is 0 Å². The second kappa shape index (κ2) is 5.81. The first-order valence-corrected chi connectivity index (χ1v) is 6.96. The Morgan fingerprint density at radius 1 is 0.714 bits per heavy atom. The number of rotatable bonds is 3. The summed E-state index contributed by atoms with van der Waals surface area (Å²) in [6, 6.07) is 23.7. The molecule has 3 rings (SSSR count). The zero-order chi connectivity index (χ0) is 14.7. The molecular weight excluding hydrogens is 258 g/mol. The van der Waals surface area contributed by atoms with E-state index in [0.717, 1.165) is 27.8 Å². The van der Waals surface area contributed by atoms with Gasteiger partial charge in [-0.1, -0.05) is 60.7 Å². The van der Waals surface area contributed by atoms with Crippen molar-refractivity contribution in [3.63, 3.8) is 0 Å². The zero-order valence-electron chi connectivity index (χ0n) is 11.7. The summed E-state index contributed by atoms with van der Waals surface area (Å²) in [7, 11) is 0. The summed E-state index contributed by atoms with van der Waals surface area (Å²) in [4.78, 5) is 0. The fourth-order valence-corrected chi connectivity index (χ4v) is 2.55. The lowest BCUT2D eigenvalue weighted by Crippen LogP contribution is -1.99. The van der Waals surface area contributed by atoms with Gasteiger partial charge in [0.05, 0.1) is 0 Å². The molecule has 0 spiro atoms. The molecule has 0 aliphatic rings. The Kier molecular flexibility index (Phi) is 3.71. The third-order valence-electron chi connectivity index (χ3n) is 3.63. The van der Waals surface area contributed by atoms with E-state index in [4.69, 9.17) is 5.73 Å². The van der Waals surface area contributed by atoms with Gasteiger partial charge in [-0.2, -0.15) is 0 Å². The molecule has 0 saturated heterocycles. The van der Waals surface area contributed by atoms with Crippen molar-refractivity contribution >= 4 is 0 Å². The average Bonchev–Trinajstić information content (AvgIpc) is 2.55. The number of benzene rings is 3. The monoisotopic (exact) mass is 275 g/mol. The third kappa shape index (κ3) is 2.67. The molecule has 0 bridgehead atoms. The van der Waals surface area contributed by atoms with E-state index in [-0.39, 0.29) is 5.75 Å². The van der Waals surface area contributed by atoms with E-state index in [1.54, 1.807) is 6.07 Å². The molecule has 0 unspecified atom stereocenters. The normalized spacial score (nSPS) is 10.5. The van der Waals surface area contributed by atoms with Crippen molar-refractivity contribution in [2.45, 2.75) is 6.54 Å². The van der Waals surface area contributed by atoms with Crippen molar-refractivity contribution in [3.05, 3.63) is 78.4 Å². The van der Waals surface area contributed by atoms with E-state index in [0.29, 0.717) is 6.54 Å².